The average Bonchev–Trinajstić information content (AvgIpc) is 3.45. The highest BCUT2D eigenvalue weighted by Crippen LogP contribution is 2.27. The van der Waals surface area contributed by atoms with E-state index in [0.29, 0.717) is 34.0 Å². The van der Waals surface area contributed by atoms with Crippen molar-refractivity contribution in [2.24, 2.45) is 0 Å². The molecule has 1 atom stereocenters. The Hall–Kier alpha value is -5.00. The van der Waals surface area contributed by atoms with Gasteiger partial charge in [-0.1, -0.05) is 53.5 Å². The Balaban J connectivity index is 1.33. The molecule has 11 nitrogen and oxygen atoms in total. The lowest BCUT2D eigenvalue weighted by molar-refractivity contribution is -0.139. The zero-order chi connectivity index (χ0) is 33.4. The van der Waals surface area contributed by atoms with Crippen LogP contribution in [0, 0.1) is 6.92 Å². The number of anilines is 2. The second-order valence-electron chi connectivity index (χ2n) is 10.4. The summed E-state index contributed by atoms with van der Waals surface area (Å²) in [5.74, 6) is -1.38. The quantitative estimate of drug-likeness (QED) is 0.141. The summed E-state index contributed by atoms with van der Waals surface area (Å²) in [5.41, 5.74) is 3.19. The minimum atomic E-state index is -1.29. The molecule has 240 valence electrons. The first-order valence-corrected chi connectivity index (χ1v) is 14.8. The molecule has 4 aromatic rings. The van der Waals surface area contributed by atoms with E-state index in [9.17, 15) is 24.3 Å². The molecule has 4 N–H and O–H groups in total. The molecule has 1 unspecified atom stereocenters. The topological polar surface area (TPSA) is 150 Å². The number of halogens is 2. The number of nitrogens with zero attached hydrogens (tertiary/aromatic N) is 1. The van der Waals surface area contributed by atoms with E-state index < -0.39 is 23.9 Å². The van der Waals surface area contributed by atoms with Crippen molar-refractivity contribution < 1.29 is 33.4 Å². The van der Waals surface area contributed by atoms with Gasteiger partial charge in [-0.15, -0.1) is 0 Å². The molecule has 0 aliphatic carbocycles. The third kappa shape index (κ3) is 8.80. The second-order valence-corrected chi connectivity index (χ2v) is 11.3. The van der Waals surface area contributed by atoms with E-state index in [1.54, 1.807) is 43.4 Å². The number of nitrogens with one attached hydrogen (secondary N) is 3. The number of aryl methyl sites for hydroxylation is 1. The predicted molar refractivity (Wildman–Crippen MR) is 175 cm³/mol. The first-order chi connectivity index (χ1) is 21.9. The highest BCUT2D eigenvalue weighted by molar-refractivity contribution is 6.39. The monoisotopic (exact) mass is 666 g/mol. The molecule has 0 radical (unpaired) electrons. The van der Waals surface area contributed by atoms with Crippen molar-refractivity contribution in [1.29, 1.82) is 0 Å². The van der Waals surface area contributed by atoms with Gasteiger partial charge in [-0.3, -0.25) is 9.59 Å². The van der Waals surface area contributed by atoms with Gasteiger partial charge in [0.15, 0.2) is 0 Å². The van der Waals surface area contributed by atoms with Crippen LogP contribution in [-0.2, 0) is 29.0 Å². The van der Waals surface area contributed by atoms with Crippen molar-refractivity contribution in [1.82, 2.24) is 10.2 Å². The van der Waals surface area contributed by atoms with Crippen LogP contribution in [-0.4, -0.2) is 54.0 Å². The summed E-state index contributed by atoms with van der Waals surface area (Å²) in [6.07, 6.45) is 1.35. The minimum Gasteiger partial charge on any atom is -0.495 e. The smallest absolute Gasteiger partial charge is 0.326 e. The predicted octanol–water partition coefficient (Wildman–Crippen LogP) is 6.17. The van der Waals surface area contributed by atoms with E-state index in [2.05, 4.69) is 16.0 Å². The molecule has 0 aliphatic heterocycles. The molecular formula is C33H32Cl2N4O7. The number of carboxylic acid groups (broad SMARTS) is 1. The SMILES string of the molecule is COc1cc(CC(=O)N(C)Cc2cc(CC(NC(=O)c3c(Cl)cccc3Cl)C(=O)O)co2)ccc1NC(=O)Nc1ccccc1C. The Bertz CT molecular complexity index is 1740. The number of carbonyl (C=O) groups excluding carboxylic acids is 3. The Kier molecular flexibility index (Phi) is 11.3. The number of benzene rings is 3. The van der Waals surface area contributed by atoms with Gasteiger partial charge in [0.25, 0.3) is 5.91 Å². The van der Waals surface area contributed by atoms with E-state index in [1.165, 1.54) is 30.4 Å². The van der Waals surface area contributed by atoms with Crippen LogP contribution < -0.4 is 20.7 Å². The first kappa shape index (κ1) is 33.9. The van der Waals surface area contributed by atoms with Gasteiger partial charge in [0.05, 0.1) is 47.6 Å². The summed E-state index contributed by atoms with van der Waals surface area (Å²) in [7, 11) is 3.08. The van der Waals surface area contributed by atoms with Gasteiger partial charge in [-0.05, 0) is 60.0 Å². The maximum atomic E-state index is 13.0. The highest BCUT2D eigenvalue weighted by Gasteiger charge is 2.25. The number of furan rings is 1. The van der Waals surface area contributed by atoms with Crippen LogP contribution in [0.3, 0.4) is 0 Å². The average molecular weight is 668 g/mol. The number of rotatable bonds is 12. The molecule has 0 saturated heterocycles. The third-order valence-corrected chi connectivity index (χ3v) is 7.65. The van der Waals surface area contributed by atoms with Gasteiger partial charge in [-0.2, -0.15) is 0 Å². The minimum absolute atomic E-state index is 0.0164. The molecule has 4 rings (SSSR count). The van der Waals surface area contributed by atoms with Gasteiger partial charge in [0, 0.05) is 19.2 Å². The van der Waals surface area contributed by atoms with Crippen LogP contribution in [0.2, 0.25) is 10.0 Å². The van der Waals surface area contributed by atoms with Gasteiger partial charge < -0.3 is 35.1 Å². The van der Waals surface area contributed by atoms with Crippen LogP contribution >= 0.6 is 23.2 Å². The summed E-state index contributed by atoms with van der Waals surface area (Å²) in [6.45, 7) is 2.01. The molecule has 4 amide bonds. The van der Waals surface area contributed by atoms with E-state index in [4.69, 9.17) is 32.4 Å². The van der Waals surface area contributed by atoms with Crippen LogP contribution in [0.5, 0.6) is 5.75 Å². The molecule has 0 aliphatic rings. The van der Waals surface area contributed by atoms with Gasteiger partial charge in [-0.25, -0.2) is 9.59 Å². The van der Waals surface area contributed by atoms with Gasteiger partial charge in [0.1, 0.15) is 17.6 Å². The number of amides is 4. The molecule has 3 aromatic carbocycles. The summed E-state index contributed by atoms with van der Waals surface area (Å²) >= 11 is 12.2. The van der Waals surface area contributed by atoms with E-state index >= 15 is 0 Å². The molecule has 1 aromatic heterocycles. The van der Waals surface area contributed by atoms with E-state index in [0.717, 1.165) is 5.56 Å². The van der Waals surface area contributed by atoms with Gasteiger partial charge in [0.2, 0.25) is 5.91 Å². The van der Waals surface area contributed by atoms with Crippen molar-refractivity contribution in [2.45, 2.75) is 32.4 Å². The maximum absolute atomic E-state index is 13.0. The fourth-order valence-electron chi connectivity index (χ4n) is 4.57. The number of aliphatic carboxylic acids is 1. The van der Waals surface area contributed by atoms with Crippen molar-refractivity contribution in [3.63, 3.8) is 0 Å². The summed E-state index contributed by atoms with van der Waals surface area (Å²) in [5, 5.41) is 17.9. The number of urea groups is 1. The number of carboxylic acids is 1. The number of ether oxygens (including phenoxy) is 1. The normalized spacial score (nSPS) is 11.3. The van der Waals surface area contributed by atoms with Crippen molar-refractivity contribution >= 4 is 58.4 Å². The van der Waals surface area contributed by atoms with Crippen LogP contribution in [0.1, 0.15) is 32.8 Å². The molecule has 13 heteroatoms. The fourth-order valence-corrected chi connectivity index (χ4v) is 5.14. The number of para-hydroxylation sites is 1. The van der Waals surface area contributed by atoms with Crippen LogP contribution in [0.15, 0.2) is 77.4 Å². The molecule has 1 heterocycles. The Morgan fingerprint density at radius 2 is 1.63 bits per heavy atom. The number of hydrogen-bond donors (Lipinski definition) is 4. The molecule has 46 heavy (non-hydrogen) atoms. The fraction of sp³-hybridized carbons (Fsp3) is 0.212. The molecule has 0 spiro atoms. The lowest BCUT2D eigenvalue weighted by atomic mass is 10.1. The Labute approximate surface area is 275 Å². The molecule has 0 fully saturated rings. The van der Waals surface area contributed by atoms with Crippen molar-refractivity contribution in [3.05, 3.63) is 111 Å². The van der Waals surface area contributed by atoms with E-state index in [1.807, 2.05) is 25.1 Å². The summed E-state index contributed by atoms with van der Waals surface area (Å²) in [4.78, 5) is 51.6. The summed E-state index contributed by atoms with van der Waals surface area (Å²) in [6, 6.07) is 16.9. The van der Waals surface area contributed by atoms with E-state index in [-0.39, 0.29) is 40.9 Å². The molecule has 0 saturated carbocycles. The van der Waals surface area contributed by atoms with Crippen molar-refractivity contribution in [3.8, 4) is 5.75 Å². The first-order valence-electron chi connectivity index (χ1n) is 14.0. The summed E-state index contributed by atoms with van der Waals surface area (Å²) < 4.78 is 11.0. The maximum Gasteiger partial charge on any atom is 0.326 e. The number of carbonyl (C=O) groups is 4. The Morgan fingerprint density at radius 3 is 2.30 bits per heavy atom. The highest BCUT2D eigenvalue weighted by atomic mass is 35.5. The lowest BCUT2D eigenvalue weighted by Crippen LogP contribution is -2.42. The molecular weight excluding hydrogens is 635 g/mol. The lowest BCUT2D eigenvalue weighted by Gasteiger charge is -2.17. The van der Waals surface area contributed by atoms with Gasteiger partial charge >= 0.3 is 12.0 Å². The van der Waals surface area contributed by atoms with Crippen LogP contribution in [0.4, 0.5) is 16.2 Å². The third-order valence-electron chi connectivity index (χ3n) is 7.02. The standard InChI is InChI=1S/C33H32Cl2N4O7/c1-19-7-4-5-10-25(19)37-33(44)38-26-12-11-20(15-28(26)45-3)16-29(40)39(2)17-22-13-21(18-46-22)14-27(32(42)43)36-31(41)30-23(34)8-6-9-24(30)35/h4-13,15,18,27H,14,16-17H2,1-3H3,(H,36,41)(H,42,43)(H2,37,38,44). The van der Waals surface area contributed by atoms with Crippen LogP contribution in [0.25, 0.3) is 0 Å². The molecule has 0 bridgehead atoms. The largest absolute Gasteiger partial charge is 0.495 e. The zero-order valence-corrected chi connectivity index (χ0v) is 26.7. The second kappa shape index (κ2) is 15.3. The zero-order valence-electron chi connectivity index (χ0n) is 25.2. The number of likely N-dealkylation sites (N-methyl/N-ethyl adjacent to an activating group) is 1. The number of hydrogen-bond acceptors (Lipinski definition) is 6. The Morgan fingerprint density at radius 1 is 0.935 bits per heavy atom. The van der Waals surface area contributed by atoms with Crippen molar-refractivity contribution in [2.75, 3.05) is 24.8 Å². The number of methoxy groups -OCH3 is 1.